The highest BCUT2D eigenvalue weighted by molar-refractivity contribution is 6.33. The Labute approximate surface area is 215 Å². The SMILES string of the molecule is Clc1ccccc1-c1ccc2c(c1)-c1ccccc1C21c2ccccc2-c2c1ccc1ccccc21. The molecule has 0 radical (unpaired) electrons. The van der Waals surface area contributed by atoms with Crippen molar-refractivity contribution in [1.82, 2.24) is 0 Å². The van der Waals surface area contributed by atoms with Gasteiger partial charge in [0.15, 0.2) is 0 Å². The zero-order valence-corrected chi connectivity index (χ0v) is 20.3. The quantitative estimate of drug-likeness (QED) is 0.221. The highest BCUT2D eigenvalue weighted by Gasteiger charge is 2.51. The molecule has 0 saturated carbocycles. The Balaban J connectivity index is 1.52. The molecule has 0 bridgehead atoms. The maximum atomic E-state index is 6.62. The standard InChI is InChI=1S/C35H21Cl/c36-33-16-8-5-10-24(33)23-18-19-31-28(21-23)26-12-3-6-14-29(26)35(31)30-15-7-4-13-27(30)34-25-11-2-1-9-22(25)17-20-32(34)35/h1-21H. The van der Waals surface area contributed by atoms with E-state index < -0.39 is 0 Å². The van der Waals surface area contributed by atoms with Crippen LogP contribution in [0.25, 0.3) is 44.2 Å². The van der Waals surface area contributed by atoms with Gasteiger partial charge in [0.2, 0.25) is 0 Å². The van der Waals surface area contributed by atoms with E-state index in [4.69, 9.17) is 11.6 Å². The van der Waals surface area contributed by atoms with E-state index in [1.54, 1.807) is 0 Å². The van der Waals surface area contributed by atoms with Crippen LogP contribution in [0, 0.1) is 0 Å². The van der Waals surface area contributed by atoms with Crippen LogP contribution in [0.5, 0.6) is 0 Å². The molecule has 0 amide bonds. The van der Waals surface area contributed by atoms with Gasteiger partial charge in [-0.1, -0.05) is 127 Å². The number of rotatable bonds is 1. The molecule has 168 valence electrons. The van der Waals surface area contributed by atoms with Gasteiger partial charge in [-0.25, -0.2) is 0 Å². The predicted octanol–water partition coefficient (Wildman–Crippen LogP) is 9.50. The summed E-state index contributed by atoms with van der Waals surface area (Å²) in [7, 11) is 0. The van der Waals surface area contributed by atoms with Crippen molar-refractivity contribution >= 4 is 22.4 Å². The van der Waals surface area contributed by atoms with E-state index in [9.17, 15) is 0 Å². The van der Waals surface area contributed by atoms with Crippen molar-refractivity contribution in [2.24, 2.45) is 0 Å². The van der Waals surface area contributed by atoms with Gasteiger partial charge >= 0.3 is 0 Å². The molecule has 2 aliphatic rings. The maximum absolute atomic E-state index is 6.62. The second-order valence-corrected chi connectivity index (χ2v) is 10.2. The van der Waals surface area contributed by atoms with E-state index >= 15 is 0 Å². The second-order valence-electron chi connectivity index (χ2n) is 9.79. The predicted molar refractivity (Wildman–Crippen MR) is 151 cm³/mol. The van der Waals surface area contributed by atoms with Crippen LogP contribution in [0.4, 0.5) is 0 Å². The number of hydrogen-bond donors (Lipinski definition) is 0. The van der Waals surface area contributed by atoms with Gasteiger partial charge < -0.3 is 0 Å². The molecule has 0 N–H and O–H groups in total. The van der Waals surface area contributed by atoms with Crippen molar-refractivity contribution < 1.29 is 0 Å². The minimum absolute atomic E-state index is 0.332. The van der Waals surface area contributed by atoms with Crippen LogP contribution in [0.15, 0.2) is 127 Å². The average Bonchev–Trinajstić information content (AvgIpc) is 3.40. The van der Waals surface area contributed by atoms with Crippen LogP contribution >= 0.6 is 11.6 Å². The van der Waals surface area contributed by atoms with Crippen LogP contribution < -0.4 is 0 Å². The summed E-state index contributed by atoms with van der Waals surface area (Å²) < 4.78 is 0. The number of benzene rings is 6. The first-order chi connectivity index (χ1) is 17.8. The second kappa shape index (κ2) is 7.20. The van der Waals surface area contributed by atoms with Gasteiger partial charge in [0.1, 0.15) is 0 Å². The normalized spacial score (nSPS) is 16.6. The molecule has 0 aromatic heterocycles. The fourth-order valence-electron chi connectivity index (χ4n) is 6.77. The Morgan fingerprint density at radius 2 is 1.06 bits per heavy atom. The molecule has 2 aliphatic carbocycles. The molecule has 0 heterocycles. The molecule has 6 aromatic carbocycles. The van der Waals surface area contributed by atoms with Crippen LogP contribution in [0.2, 0.25) is 5.02 Å². The molecule has 8 rings (SSSR count). The van der Waals surface area contributed by atoms with Gasteiger partial charge in [-0.3, -0.25) is 0 Å². The Kier molecular flexibility index (Phi) is 4.02. The van der Waals surface area contributed by atoms with E-state index in [2.05, 4.69) is 115 Å². The molecule has 0 nitrogen and oxygen atoms in total. The van der Waals surface area contributed by atoms with E-state index in [0.29, 0.717) is 0 Å². The molecule has 1 atom stereocenters. The molecule has 1 unspecified atom stereocenters. The monoisotopic (exact) mass is 476 g/mol. The average molecular weight is 477 g/mol. The number of fused-ring (bicyclic) bond motifs is 12. The summed E-state index contributed by atoms with van der Waals surface area (Å²) >= 11 is 6.62. The fraction of sp³-hybridized carbons (Fsp3) is 0.0286. The first-order valence-electron chi connectivity index (χ1n) is 12.4. The van der Waals surface area contributed by atoms with Gasteiger partial charge in [-0.05, 0) is 73.0 Å². The smallest absolute Gasteiger partial charge is 0.0725 e. The Morgan fingerprint density at radius 3 is 1.89 bits per heavy atom. The molecule has 1 spiro atoms. The van der Waals surface area contributed by atoms with Gasteiger partial charge in [-0.2, -0.15) is 0 Å². The van der Waals surface area contributed by atoms with E-state index in [1.165, 1.54) is 55.3 Å². The number of halogens is 1. The summed E-state index contributed by atoms with van der Waals surface area (Å²) in [5, 5.41) is 3.38. The molecular formula is C35H21Cl. The summed E-state index contributed by atoms with van der Waals surface area (Å²) in [6.07, 6.45) is 0. The Morgan fingerprint density at radius 1 is 0.444 bits per heavy atom. The maximum Gasteiger partial charge on any atom is 0.0725 e. The lowest BCUT2D eigenvalue weighted by molar-refractivity contribution is 0.794. The highest BCUT2D eigenvalue weighted by Crippen LogP contribution is 2.63. The van der Waals surface area contributed by atoms with Gasteiger partial charge in [0.25, 0.3) is 0 Å². The van der Waals surface area contributed by atoms with Crippen molar-refractivity contribution in [3.63, 3.8) is 0 Å². The highest BCUT2D eigenvalue weighted by atomic mass is 35.5. The molecule has 36 heavy (non-hydrogen) atoms. The molecule has 0 saturated heterocycles. The summed E-state index contributed by atoms with van der Waals surface area (Å²) in [6.45, 7) is 0. The van der Waals surface area contributed by atoms with Crippen molar-refractivity contribution in [2.75, 3.05) is 0 Å². The lowest BCUT2D eigenvalue weighted by atomic mass is 9.70. The third-order valence-electron chi connectivity index (χ3n) is 8.16. The topological polar surface area (TPSA) is 0 Å². The van der Waals surface area contributed by atoms with Gasteiger partial charge in [0, 0.05) is 10.6 Å². The van der Waals surface area contributed by atoms with Crippen molar-refractivity contribution in [1.29, 1.82) is 0 Å². The summed E-state index contributed by atoms with van der Waals surface area (Å²) in [4.78, 5) is 0. The number of hydrogen-bond acceptors (Lipinski definition) is 0. The molecule has 0 fully saturated rings. The van der Waals surface area contributed by atoms with Gasteiger partial charge in [0.05, 0.1) is 5.41 Å². The summed E-state index contributed by atoms with van der Waals surface area (Å²) in [6, 6.07) is 46.4. The lowest BCUT2D eigenvalue weighted by Crippen LogP contribution is -2.25. The molecular weight excluding hydrogens is 456 g/mol. The Bertz CT molecular complexity index is 1860. The van der Waals surface area contributed by atoms with Crippen LogP contribution in [0.3, 0.4) is 0 Å². The molecule has 0 aliphatic heterocycles. The van der Waals surface area contributed by atoms with E-state index in [1.807, 2.05) is 12.1 Å². The van der Waals surface area contributed by atoms with Crippen LogP contribution in [-0.2, 0) is 5.41 Å². The first-order valence-corrected chi connectivity index (χ1v) is 12.8. The molecule has 1 heteroatoms. The van der Waals surface area contributed by atoms with Crippen LogP contribution in [0.1, 0.15) is 22.3 Å². The minimum Gasteiger partial charge on any atom is -0.0837 e. The summed E-state index contributed by atoms with van der Waals surface area (Å²) in [5.74, 6) is 0. The third-order valence-corrected chi connectivity index (χ3v) is 8.49. The van der Waals surface area contributed by atoms with Crippen LogP contribution in [-0.4, -0.2) is 0 Å². The largest absolute Gasteiger partial charge is 0.0837 e. The van der Waals surface area contributed by atoms with Crippen molar-refractivity contribution in [3.8, 4) is 33.4 Å². The zero-order chi connectivity index (χ0) is 23.9. The Hall–Kier alpha value is -4.13. The fourth-order valence-corrected chi connectivity index (χ4v) is 7.02. The van der Waals surface area contributed by atoms with Crippen molar-refractivity contribution in [3.05, 3.63) is 155 Å². The molecule has 6 aromatic rings. The van der Waals surface area contributed by atoms with Gasteiger partial charge in [-0.15, -0.1) is 0 Å². The minimum atomic E-state index is -0.332. The summed E-state index contributed by atoms with van der Waals surface area (Å²) in [5.41, 5.74) is 12.6. The van der Waals surface area contributed by atoms with Crippen molar-refractivity contribution in [2.45, 2.75) is 5.41 Å². The zero-order valence-electron chi connectivity index (χ0n) is 19.5. The first kappa shape index (κ1) is 20.1. The van der Waals surface area contributed by atoms with E-state index in [-0.39, 0.29) is 5.41 Å². The third kappa shape index (κ3) is 2.40. The van der Waals surface area contributed by atoms with E-state index in [0.717, 1.165) is 16.1 Å². The lowest BCUT2D eigenvalue weighted by Gasteiger charge is -2.30.